The third kappa shape index (κ3) is 3.30. The Morgan fingerprint density at radius 1 is 1.41 bits per heavy atom. The Morgan fingerprint density at radius 3 is 2.91 bits per heavy atom. The minimum Gasteiger partial charge on any atom is -0.372 e. The monoisotopic (exact) mass is 307 g/mol. The summed E-state index contributed by atoms with van der Waals surface area (Å²) in [5, 5.41) is 11.6. The zero-order chi connectivity index (χ0) is 15.5. The molecule has 1 aromatic rings. The summed E-state index contributed by atoms with van der Waals surface area (Å²) in [6.07, 6.45) is 4.97. The van der Waals surface area contributed by atoms with Gasteiger partial charge in [0.25, 0.3) is 5.91 Å². The highest BCUT2D eigenvalue weighted by atomic mass is 16.5. The molecule has 0 saturated carbocycles. The second-order valence-corrected chi connectivity index (χ2v) is 6.25. The molecule has 122 valence electrons. The van der Waals surface area contributed by atoms with E-state index in [9.17, 15) is 4.79 Å². The minimum absolute atomic E-state index is 0.0335. The molecule has 0 aliphatic carbocycles. The zero-order valence-corrected chi connectivity index (χ0v) is 13.4. The summed E-state index contributed by atoms with van der Waals surface area (Å²) in [4.78, 5) is 14.5. The summed E-state index contributed by atoms with van der Waals surface area (Å²) in [5.74, 6) is -0.0335. The highest BCUT2D eigenvalue weighted by Gasteiger charge is 2.29. The van der Waals surface area contributed by atoms with Crippen molar-refractivity contribution < 1.29 is 9.53 Å². The molecule has 2 unspecified atom stereocenters. The minimum atomic E-state index is -0.0335. The van der Waals surface area contributed by atoms with Crippen molar-refractivity contribution in [3.63, 3.8) is 0 Å². The van der Waals surface area contributed by atoms with E-state index in [0.717, 1.165) is 32.4 Å². The van der Waals surface area contributed by atoms with Crippen LogP contribution in [0.5, 0.6) is 0 Å². The maximum absolute atomic E-state index is 12.6. The maximum Gasteiger partial charge on any atom is 0.276 e. The van der Waals surface area contributed by atoms with Crippen LogP contribution in [-0.2, 0) is 4.74 Å². The average Bonchev–Trinajstić information content (AvgIpc) is 3.04. The van der Waals surface area contributed by atoms with Crippen LogP contribution in [-0.4, -0.2) is 64.2 Å². The predicted octanol–water partition coefficient (Wildman–Crippen LogP) is 0.842. The van der Waals surface area contributed by atoms with Crippen molar-refractivity contribution in [3.05, 3.63) is 11.9 Å². The van der Waals surface area contributed by atoms with Crippen molar-refractivity contribution in [1.29, 1.82) is 0 Å². The van der Waals surface area contributed by atoms with E-state index >= 15 is 0 Å². The summed E-state index contributed by atoms with van der Waals surface area (Å²) < 4.78 is 7.67. The molecule has 2 saturated heterocycles. The molecule has 7 heteroatoms. The summed E-state index contributed by atoms with van der Waals surface area (Å²) >= 11 is 0. The van der Waals surface area contributed by atoms with Gasteiger partial charge in [0.15, 0.2) is 5.69 Å². The number of hydrogen-bond donors (Lipinski definition) is 1. The van der Waals surface area contributed by atoms with E-state index in [2.05, 4.69) is 22.6 Å². The fourth-order valence-electron chi connectivity index (χ4n) is 3.22. The second kappa shape index (κ2) is 6.75. The van der Waals surface area contributed by atoms with Crippen molar-refractivity contribution in [3.8, 4) is 0 Å². The third-order valence-corrected chi connectivity index (χ3v) is 4.48. The van der Waals surface area contributed by atoms with Crippen LogP contribution in [0.3, 0.4) is 0 Å². The Kier molecular flexibility index (Phi) is 4.73. The number of amides is 1. The molecule has 1 N–H and O–H groups in total. The van der Waals surface area contributed by atoms with Gasteiger partial charge in [-0.25, -0.2) is 4.68 Å². The number of morpholine rings is 1. The number of carbonyl (C=O) groups excluding carboxylic acids is 1. The number of rotatable bonds is 3. The van der Waals surface area contributed by atoms with Crippen LogP contribution in [0, 0.1) is 0 Å². The molecule has 1 aromatic heterocycles. The van der Waals surface area contributed by atoms with Gasteiger partial charge >= 0.3 is 0 Å². The van der Waals surface area contributed by atoms with Gasteiger partial charge in [0.05, 0.1) is 24.4 Å². The van der Waals surface area contributed by atoms with Crippen molar-refractivity contribution in [2.45, 2.75) is 51.4 Å². The molecule has 3 rings (SSSR count). The largest absolute Gasteiger partial charge is 0.372 e. The van der Waals surface area contributed by atoms with Gasteiger partial charge < -0.3 is 15.0 Å². The molecular weight excluding hydrogens is 282 g/mol. The fourth-order valence-corrected chi connectivity index (χ4v) is 3.22. The van der Waals surface area contributed by atoms with Gasteiger partial charge in [0, 0.05) is 13.1 Å². The predicted molar refractivity (Wildman–Crippen MR) is 81.7 cm³/mol. The van der Waals surface area contributed by atoms with Gasteiger partial charge in [-0.05, 0) is 39.3 Å². The molecule has 2 aliphatic rings. The smallest absolute Gasteiger partial charge is 0.276 e. The molecule has 2 aliphatic heterocycles. The molecule has 7 nitrogen and oxygen atoms in total. The van der Waals surface area contributed by atoms with Crippen molar-refractivity contribution in [1.82, 2.24) is 25.2 Å². The lowest BCUT2D eigenvalue weighted by atomic mass is 10.1. The van der Waals surface area contributed by atoms with Crippen LogP contribution >= 0.6 is 0 Å². The number of nitrogens with zero attached hydrogens (tertiary/aromatic N) is 4. The Labute approximate surface area is 131 Å². The van der Waals surface area contributed by atoms with E-state index < -0.39 is 0 Å². The molecule has 0 spiro atoms. The number of hydrogen-bond acceptors (Lipinski definition) is 5. The number of carbonyl (C=O) groups is 1. The highest BCUT2D eigenvalue weighted by molar-refractivity contribution is 5.92. The Bertz CT molecular complexity index is 512. The van der Waals surface area contributed by atoms with E-state index in [0.29, 0.717) is 24.8 Å². The molecule has 0 aromatic carbocycles. The van der Waals surface area contributed by atoms with E-state index in [4.69, 9.17) is 4.74 Å². The fraction of sp³-hybridized carbons (Fsp3) is 0.800. The first-order valence-corrected chi connectivity index (χ1v) is 8.24. The molecule has 2 atom stereocenters. The summed E-state index contributed by atoms with van der Waals surface area (Å²) in [6, 6.07) is 0.349. The van der Waals surface area contributed by atoms with E-state index in [-0.39, 0.29) is 18.1 Å². The average molecular weight is 307 g/mol. The molecule has 22 heavy (non-hydrogen) atoms. The standard InChI is InChI=1S/C15H25N5O2/c1-3-13-9-19(8-11(2)22-13)15(21)14-10-20(18-17-14)12-4-6-16-7-5-12/h10-13,16H,3-9H2,1-2H3. The van der Waals surface area contributed by atoms with E-state index in [1.54, 1.807) is 6.20 Å². The molecule has 0 radical (unpaired) electrons. The summed E-state index contributed by atoms with van der Waals surface area (Å²) in [6.45, 7) is 7.34. The summed E-state index contributed by atoms with van der Waals surface area (Å²) in [5.41, 5.74) is 0.447. The Morgan fingerprint density at radius 2 is 2.18 bits per heavy atom. The molecule has 2 fully saturated rings. The number of ether oxygens (including phenoxy) is 1. The first kappa shape index (κ1) is 15.4. The quantitative estimate of drug-likeness (QED) is 0.896. The van der Waals surface area contributed by atoms with Gasteiger partial charge in [-0.15, -0.1) is 5.10 Å². The van der Waals surface area contributed by atoms with Gasteiger partial charge in [-0.3, -0.25) is 4.79 Å². The lowest BCUT2D eigenvalue weighted by Crippen LogP contribution is -2.49. The third-order valence-electron chi connectivity index (χ3n) is 4.48. The lowest BCUT2D eigenvalue weighted by Gasteiger charge is -2.36. The lowest BCUT2D eigenvalue weighted by molar-refractivity contribution is -0.0682. The van der Waals surface area contributed by atoms with Gasteiger partial charge in [-0.2, -0.15) is 0 Å². The maximum atomic E-state index is 12.6. The molecular formula is C15H25N5O2. The van der Waals surface area contributed by atoms with Gasteiger partial charge in [-0.1, -0.05) is 12.1 Å². The van der Waals surface area contributed by atoms with Crippen molar-refractivity contribution in [2.75, 3.05) is 26.2 Å². The Balaban J connectivity index is 1.68. The van der Waals surface area contributed by atoms with Crippen LogP contribution < -0.4 is 5.32 Å². The van der Waals surface area contributed by atoms with Gasteiger partial charge in [0.1, 0.15) is 0 Å². The van der Waals surface area contributed by atoms with Crippen LogP contribution in [0.25, 0.3) is 0 Å². The van der Waals surface area contributed by atoms with Crippen LogP contribution in [0.15, 0.2) is 6.20 Å². The van der Waals surface area contributed by atoms with Crippen LogP contribution in [0.2, 0.25) is 0 Å². The van der Waals surface area contributed by atoms with Crippen molar-refractivity contribution >= 4 is 5.91 Å². The second-order valence-electron chi connectivity index (χ2n) is 6.25. The highest BCUT2D eigenvalue weighted by Crippen LogP contribution is 2.19. The molecule has 0 bridgehead atoms. The van der Waals surface area contributed by atoms with E-state index in [1.807, 2.05) is 16.5 Å². The topological polar surface area (TPSA) is 72.3 Å². The normalized spacial score (nSPS) is 27.1. The summed E-state index contributed by atoms with van der Waals surface area (Å²) in [7, 11) is 0. The van der Waals surface area contributed by atoms with E-state index in [1.165, 1.54) is 0 Å². The SMILES string of the molecule is CCC1CN(C(=O)c2cn(C3CCNCC3)nn2)CC(C)O1. The van der Waals surface area contributed by atoms with Crippen LogP contribution in [0.1, 0.15) is 49.6 Å². The molecule has 3 heterocycles. The molecule has 1 amide bonds. The van der Waals surface area contributed by atoms with Gasteiger partial charge in [0.2, 0.25) is 0 Å². The zero-order valence-electron chi connectivity index (χ0n) is 13.4. The number of piperidine rings is 1. The van der Waals surface area contributed by atoms with Crippen LogP contribution in [0.4, 0.5) is 0 Å². The first-order chi connectivity index (χ1) is 10.7. The first-order valence-electron chi connectivity index (χ1n) is 8.24. The number of nitrogens with one attached hydrogen (secondary N) is 1. The number of aromatic nitrogens is 3. The Hall–Kier alpha value is -1.47. The van der Waals surface area contributed by atoms with Crippen molar-refractivity contribution in [2.24, 2.45) is 0 Å².